The van der Waals surface area contributed by atoms with Crippen molar-refractivity contribution >= 4 is 21.6 Å². The second-order valence-electron chi connectivity index (χ2n) is 6.77. The van der Waals surface area contributed by atoms with Gasteiger partial charge in [0.05, 0.1) is 25.2 Å². The molecular formula is C18H29N3O4S. The minimum Gasteiger partial charge on any atom is -0.379 e. The fourth-order valence-corrected chi connectivity index (χ4v) is 4.27. The molecule has 0 aromatic heterocycles. The van der Waals surface area contributed by atoms with E-state index in [1.807, 2.05) is 26.0 Å². The first-order valence-corrected chi connectivity index (χ1v) is 10.7. The summed E-state index contributed by atoms with van der Waals surface area (Å²) in [4.78, 5) is 14.8. The minimum atomic E-state index is -3.60. The summed E-state index contributed by atoms with van der Waals surface area (Å²) >= 11 is 0. The van der Waals surface area contributed by atoms with Gasteiger partial charge < -0.3 is 10.1 Å². The van der Waals surface area contributed by atoms with E-state index < -0.39 is 16.1 Å². The van der Waals surface area contributed by atoms with E-state index >= 15 is 0 Å². The molecule has 1 amide bonds. The number of amides is 1. The van der Waals surface area contributed by atoms with Gasteiger partial charge in [0.1, 0.15) is 6.04 Å². The second kappa shape index (κ2) is 8.83. The highest BCUT2D eigenvalue weighted by Crippen LogP contribution is 2.26. The van der Waals surface area contributed by atoms with Gasteiger partial charge in [0.2, 0.25) is 15.9 Å². The van der Waals surface area contributed by atoms with E-state index in [0.29, 0.717) is 25.4 Å². The molecule has 1 N–H and O–H groups in total. The quantitative estimate of drug-likeness (QED) is 0.757. The van der Waals surface area contributed by atoms with Crippen molar-refractivity contribution in [3.8, 4) is 0 Å². The molecular weight excluding hydrogens is 354 g/mol. The molecule has 1 atom stereocenters. The number of sulfonamides is 1. The summed E-state index contributed by atoms with van der Waals surface area (Å²) in [5.74, 6) is -0.301. The van der Waals surface area contributed by atoms with Crippen LogP contribution in [0, 0.1) is 13.8 Å². The maximum absolute atomic E-state index is 12.6. The predicted octanol–water partition coefficient (Wildman–Crippen LogP) is 0.906. The molecule has 0 spiro atoms. The summed E-state index contributed by atoms with van der Waals surface area (Å²) in [6.07, 6.45) is 1.13. The zero-order valence-corrected chi connectivity index (χ0v) is 16.8. The number of anilines is 1. The molecule has 1 aromatic rings. The number of hydrogen-bond acceptors (Lipinski definition) is 5. The zero-order chi connectivity index (χ0) is 19.3. The third kappa shape index (κ3) is 5.43. The maximum Gasteiger partial charge on any atom is 0.243 e. The SMILES string of the molecule is Cc1ccc(C)c(N(C(C)C(=O)NCCN2CCOCC2)S(C)(=O)=O)c1. The van der Waals surface area contributed by atoms with E-state index in [2.05, 4.69) is 10.2 Å². The van der Waals surface area contributed by atoms with Crippen LogP contribution in [-0.4, -0.2) is 70.9 Å². The molecule has 1 aliphatic heterocycles. The third-order valence-electron chi connectivity index (χ3n) is 4.52. The fourth-order valence-electron chi connectivity index (χ4n) is 3.05. The number of benzene rings is 1. The lowest BCUT2D eigenvalue weighted by Crippen LogP contribution is -2.50. The number of ether oxygens (including phenoxy) is 1. The summed E-state index contributed by atoms with van der Waals surface area (Å²) in [5.41, 5.74) is 2.30. The molecule has 1 aliphatic rings. The molecule has 1 unspecified atom stereocenters. The van der Waals surface area contributed by atoms with Crippen LogP contribution >= 0.6 is 0 Å². The molecule has 1 saturated heterocycles. The Kier molecular flexibility index (Phi) is 7.02. The number of morpholine rings is 1. The summed E-state index contributed by atoms with van der Waals surface area (Å²) < 4.78 is 31.3. The highest BCUT2D eigenvalue weighted by molar-refractivity contribution is 7.92. The van der Waals surface area contributed by atoms with Gasteiger partial charge in [-0.1, -0.05) is 12.1 Å². The van der Waals surface area contributed by atoms with Crippen LogP contribution in [-0.2, 0) is 19.6 Å². The molecule has 2 rings (SSSR count). The average Bonchev–Trinajstić information content (AvgIpc) is 2.57. The summed E-state index contributed by atoms with van der Waals surface area (Å²) in [5, 5.41) is 2.86. The Hall–Kier alpha value is -1.64. The van der Waals surface area contributed by atoms with Crippen molar-refractivity contribution in [1.29, 1.82) is 0 Å². The first-order chi connectivity index (χ1) is 12.2. The van der Waals surface area contributed by atoms with Crippen LogP contribution in [0.15, 0.2) is 18.2 Å². The van der Waals surface area contributed by atoms with Crippen LogP contribution < -0.4 is 9.62 Å². The molecule has 1 heterocycles. The number of rotatable bonds is 7. The van der Waals surface area contributed by atoms with Gasteiger partial charge in [-0.15, -0.1) is 0 Å². The number of aryl methyl sites for hydroxylation is 2. The maximum atomic E-state index is 12.6. The Morgan fingerprint density at radius 2 is 1.96 bits per heavy atom. The van der Waals surface area contributed by atoms with Crippen molar-refractivity contribution < 1.29 is 17.9 Å². The van der Waals surface area contributed by atoms with E-state index in [1.165, 1.54) is 4.31 Å². The van der Waals surface area contributed by atoms with Crippen molar-refractivity contribution in [1.82, 2.24) is 10.2 Å². The highest BCUT2D eigenvalue weighted by atomic mass is 32.2. The monoisotopic (exact) mass is 383 g/mol. The van der Waals surface area contributed by atoms with Crippen LogP contribution in [0.5, 0.6) is 0 Å². The molecule has 0 saturated carbocycles. The highest BCUT2D eigenvalue weighted by Gasteiger charge is 2.30. The van der Waals surface area contributed by atoms with Gasteiger partial charge >= 0.3 is 0 Å². The fraction of sp³-hybridized carbons (Fsp3) is 0.611. The first-order valence-electron chi connectivity index (χ1n) is 8.84. The van der Waals surface area contributed by atoms with E-state index in [1.54, 1.807) is 13.0 Å². The normalized spacial score (nSPS) is 16.9. The average molecular weight is 384 g/mol. The Balaban J connectivity index is 2.07. The van der Waals surface area contributed by atoms with Gasteiger partial charge in [-0.3, -0.25) is 14.0 Å². The van der Waals surface area contributed by atoms with Crippen LogP contribution in [0.4, 0.5) is 5.69 Å². The van der Waals surface area contributed by atoms with Gasteiger partial charge in [0.15, 0.2) is 0 Å². The number of nitrogens with zero attached hydrogens (tertiary/aromatic N) is 2. The number of carbonyl (C=O) groups is 1. The predicted molar refractivity (Wildman–Crippen MR) is 103 cm³/mol. The van der Waals surface area contributed by atoms with Crippen molar-refractivity contribution in [2.45, 2.75) is 26.8 Å². The van der Waals surface area contributed by atoms with Crippen LogP contribution in [0.25, 0.3) is 0 Å². The lowest BCUT2D eigenvalue weighted by molar-refractivity contribution is -0.121. The topological polar surface area (TPSA) is 79.0 Å². The van der Waals surface area contributed by atoms with Crippen LogP contribution in [0.1, 0.15) is 18.1 Å². The lowest BCUT2D eigenvalue weighted by atomic mass is 10.1. The van der Waals surface area contributed by atoms with E-state index in [9.17, 15) is 13.2 Å². The van der Waals surface area contributed by atoms with E-state index in [-0.39, 0.29) is 5.91 Å². The van der Waals surface area contributed by atoms with Crippen LogP contribution in [0.3, 0.4) is 0 Å². The Labute approximate surface area is 156 Å². The molecule has 7 nitrogen and oxygen atoms in total. The smallest absolute Gasteiger partial charge is 0.243 e. The van der Waals surface area contributed by atoms with Gasteiger partial charge in [0.25, 0.3) is 0 Å². The summed E-state index contributed by atoms with van der Waals surface area (Å²) in [6.45, 7) is 9.68. The Bertz CT molecular complexity index is 730. The molecule has 0 radical (unpaired) electrons. The molecule has 26 heavy (non-hydrogen) atoms. The van der Waals surface area contributed by atoms with Gasteiger partial charge in [0, 0.05) is 26.2 Å². The number of hydrogen-bond donors (Lipinski definition) is 1. The van der Waals surface area contributed by atoms with Crippen molar-refractivity contribution in [2.24, 2.45) is 0 Å². The summed E-state index contributed by atoms with van der Waals surface area (Å²) in [6, 6.07) is 4.77. The van der Waals surface area contributed by atoms with Gasteiger partial charge in [-0.2, -0.15) is 0 Å². The van der Waals surface area contributed by atoms with E-state index in [0.717, 1.165) is 37.0 Å². The van der Waals surface area contributed by atoms with Crippen molar-refractivity contribution in [3.63, 3.8) is 0 Å². The molecule has 8 heteroatoms. The lowest BCUT2D eigenvalue weighted by Gasteiger charge is -2.30. The molecule has 146 valence electrons. The van der Waals surface area contributed by atoms with Crippen LogP contribution in [0.2, 0.25) is 0 Å². The van der Waals surface area contributed by atoms with Gasteiger partial charge in [-0.05, 0) is 38.0 Å². The van der Waals surface area contributed by atoms with E-state index in [4.69, 9.17) is 4.74 Å². The molecule has 0 bridgehead atoms. The standard InChI is InChI=1S/C18H29N3O4S/c1-14-5-6-15(2)17(13-14)21(26(4,23)24)16(3)18(22)19-7-8-20-9-11-25-12-10-20/h5-6,13,16H,7-12H2,1-4H3,(H,19,22). The number of nitrogens with one attached hydrogen (secondary N) is 1. The Morgan fingerprint density at radius 1 is 1.31 bits per heavy atom. The van der Waals surface area contributed by atoms with Crippen molar-refractivity contribution in [2.75, 3.05) is 50.0 Å². The summed E-state index contributed by atoms with van der Waals surface area (Å²) in [7, 11) is -3.60. The first kappa shape index (κ1) is 20.7. The molecule has 0 aliphatic carbocycles. The third-order valence-corrected chi connectivity index (χ3v) is 5.75. The number of carbonyl (C=O) groups excluding carboxylic acids is 1. The van der Waals surface area contributed by atoms with Gasteiger partial charge in [-0.25, -0.2) is 8.42 Å². The molecule has 1 aromatic carbocycles. The van der Waals surface area contributed by atoms with Crippen molar-refractivity contribution in [3.05, 3.63) is 29.3 Å². The zero-order valence-electron chi connectivity index (χ0n) is 16.0. The Morgan fingerprint density at radius 3 is 2.58 bits per heavy atom. The second-order valence-corrected chi connectivity index (χ2v) is 8.63. The minimum absolute atomic E-state index is 0.301. The largest absolute Gasteiger partial charge is 0.379 e. The molecule has 1 fully saturated rings.